The Labute approximate surface area is 131 Å². The Morgan fingerprint density at radius 3 is 2.68 bits per heavy atom. The van der Waals surface area contributed by atoms with Crippen LogP contribution in [0.2, 0.25) is 0 Å². The fourth-order valence-electron chi connectivity index (χ4n) is 1.95. The van der Waals surface area contributed by atoms with Crippen molar-refractivity contribution in [1.29, 1.82) is 0 Å². The molecule has 0 saturated carbocycles. The Morgan fingerprint density at radius 2 is 2.14 bits per heavy atom. The first-order valence-corrected chi connectivity index (χ1v) is 7.20. The highest BCUT2D eigenvalue weighted by Crippen LogP contribution is 2.24. The third-order valence-electron chi connectivity index (χ3n) is 2.95. The predicted molar refractivity (Wildman–Crippen MR) is 86.1 cm³/mol. The summed E-state index contributed by atoms with van der Waals surface area (Å²) in [6.45, 7) is 10.8. The van der Waals surface area contributed by atoms with Gasteiger partial charge in [-0.15, -0.1) is 6.58 Å². The molecule has 1 aliphatic rings. The van der Waals surface area contributed by atoms with Gasteiger partial charge >= 0.3 is 0 Å². The van der Waals surface area contributed by atoms with Crippen molar-refractivity contribution in [3.8, 4) is 0 Å². The van der Waals surface area contributed by atoms with Gasteiger partial charge in [0.2, 0.25) is 5.91 Å². The fourth-order valence-corrected chi connectivity index (χ4v) is 1.95. The number of hydrogen-bond acceptors (Lipinski definition) is 4. The minimum absolute atomic E-state index is 0.0138. The molecule has 1 aromatic rings. The average Bonchev–Trinajstić information content (AvgIpc) is 2.88. The van der Waals surface area contributed by atoms with Crippen molar-refractivity contribution in [3.63, 3.8) is 0 Å². The number of carbonyl (C=O) groups is 2. The van der Waals surface area contributed by atoms with Crippen molar-refractivity contribution in [2.45, 2.75) is 39.0 Å². The molecule has 5 nitrogen and oxygen atoms in total. The molecule has 120 valence electrons. The van der Waals surface area contributed by atoms with E-state index in [4.69, 9.17) is 0 Å². The van der Waals surface area contributed by atoms with Crippen LogP contribution >= 0.6 is 0 Å². The van der Waals surface area contributed by atoms with Gasteiger partial charge < -0.3 is 10.1 Å². The van der Waals surface area contributed by atoms with Crippen molar-refractivity contribution in [1.82, 2.24) is 10.6 Å². The van der Waals surface area contributed by atoms with Gasteiger partial charge in [0.25, 0.3) is 6.47 Å². The van der Waals surface area contributed by atoms with Gasteiger partial charge in [0.15, 0.2) is 0 Å². The van der Waals surface area contributed by atoms with E-state index in [1.54, 1.807) is 6.08 Å². The number of fused-ring (bicyclic) bond motifs is 1. The minimum Gasteiger partial charge on any atom is -0.462 e. The fraction of sp³-hybridized carbons (Fsp3) is 0.412. The van der Waals surface area contributed by atoms with Crippen molar-refractivity contribution in [2.75, 3.05) is 6.54 Å². The molecular formula is C17H24N2O3. The molecule has 22 heavy (non-hydrogen) atoms. The summed E-state index contributed by atoms with van der Waals surface area (Å²) in [6, 6.07) is 7.78. The lowest BCUT2D eigenvalue weighted by Gasteiger charge is -2.14. The highest BCUT2D eigenvalue weighted by Gasteiger charge is 2.26. The molecule has 0 radical (unpaired) electrons. The maximum atomic E-state index is 11.7. The van der Waals surface area contributed by atoms with E-state index < -0.39 is 0 Å². The summed E-state index contributed by atoms with van der Waals surface area (Å²) >= 11 is 0. The first-order valence-electron chi connectivity index (χ1n) is 7.20. The van der Waals surface area contributed by atoms with Crippen LogP contribution < -0.4 is 10.6 Å². The van der Waals surface area contributed by atoms with Crippen LogP contribution in [0.3, 0.4) is 0 Å². The Balaban J connectivity index is 0.000000295. The zero-order chi connectivity index (χ0) is 16.6. The molecule has 0 saturated heterocycles. The highest BCUT2D eigenvalue weighted by atomic mass is 16.5. The average molecular weight is 304 g/mol. The summed E-state index contributed by atoms with van der Waals surface area (Å²) in [6.07, 6.45) is 1.68. The number of rotatable bonds is 4. The molecule has 0 spiro atoms. The molecule has 0 aromatic heterocycles. The van der Waals surface area contributed by atoms with Crippen molar-refractivity contribution in [2.24, 2.45) is 0 Å². The van der Waals surface area contributed by atoms with E-state index in [2.05, 4.69) is 21.9 Å². The molecular weight excluding hydrogens is 280 g/mol. The second-order valence-corrected chi connectivity index (χ2v) is 5.87. The molecule has 1 atom stereocenters. The van der Waals surface area contributed by atoms with E-state index in [1.807, 2.05) is 45.0 Å². The van der Waals surface area contributed by atoms with E-state index in [1.165, 1.54) is 5.56 Å². The Hall–Kier alpha value is -2.14. The number of nitrogens with one attached hydrogen (secondary N) is 2. The second kappa shape index (κ2) is 8.34. The van der Waals surface area contributed by atoms with Crippen molar-refractivity contribution < 1.29 is 14.3 Å². The minimum atomic E-state index is -0.318. The smallest absolute Gasteiger partial charge is 0.293 e. The third kappa shape index (κ3) is 5.69. The molecule has 2 N–H and O–H groups in total. The predicted octanol–water partition coefficient (Wildman–Crippen LogP) is 2.09. The monoisotopic (exact) mass is 304 g/mol. The summed E-state index contributed by atoms with van der Waals surface area (Å²) in [5, 5.41) is 5.98. The summed E-state index contributed by atoms with van der Waals surface area (Å²) in [5.74, 6) is 0.0138. The number of ether oxygens (including phenoxy) is 1. The van der Waals surface area contributed by atoms with Gasteiger partial charge in [0.05, 0.1) is 0 Å². The standard InChI is InChI=1S/C12H14N2O.C5H10O2/c1-2-7-13-12(15)11-10-6-4-3-5-9(10)8-14-11;1-5(2,3)7-4-6/h2-6,11,14H,1,7-8H2,(H,13,15);4H,1-3H3. The van der Waals surface area contributed by atoms with Crippen molar-refractivity contribution in [3.05, 3.63) is 48.0 Å². The Bertz CT molecular complexity index is 521. The molecule has 0 aliphatic carbocycles. The first-order chi connectivity index (χ1) is 10.4. The van der Waals surface area contributed by atoms with Crippen molar-refractivity contribution >= 4 is 12.4 Å². The SMILES string of the molecule is C=CCNC(=O)C1NCc2ccccc21.CC(C)(C)OC=O. The summed E-state index contributed by atoms with van der Waals surface area (Å²) < 4.78 is 4.55. The summed E-state index contributed by atoms with van der Waals surface area (Å²) in [4.78, 5) is 21.3. The van der Waals surface area contributed by atoms with Crippen LogP contribution in [0.15, 0.2) is 36.9 Å². The summed E-state index contributed by atoms with van der Waals surface area (Å²) in [7, 11) is 0. The lowest BCUT2D eigenvalue weighted by molar-refractivity contribution is -0.138. The summed E-state index contributed by atoms with van der Waals surface area (Å²) in [5.41, 5.74) is 1.97. The molecule has 1 aromatic carbocycles. The number of benzene rings is 1. The number of amides is 1. The lowest BCUT2D eigenvalue weighted by atomic mass is 10.0. The van der Waals surface area contributed by atoms with E-state index in [0.29, 0.717) is 13.0 Å². The largest absolute Gasteiger partial charge is 0.462 e. The molecule has 1 amide bonds. The Morgan fingerprint density at radius 1 is 1.45 bits per heavy atom. The molecule has 0 fully saturated rings. The third-order valence-corrected chi connectivity index (χ3v) is 2.95. The molecule has 1 heterocycles. The van der Waals surface area contributed by atoms with Gasteiger partial charge in [0, 0.05) is 13.1 Å². The van der Waals surface area contributed by atoms with Crippen LogP contribution in [-0.2, 0) is 20.9 Å². The van der Waals surface area contributed by atoms with Gasteiger partial charge in [0.1, 0.15) is 11.6 Å². The van der Waals surface area contributed by atoms with Crippen LogP contribution in [0, 0.1) is 0 Å². The molecule has 1 aliphatic heterocycles. The van der Waals surface area contributed by atoms with Crippen LogP contribution in [0.4, 0.5) is 0 Å². The van der Waals surface area contributed by atoms with E-state index in [0.717, 1.165) is 12.1 Å². The van der Waals surface area contributed by atoms with Crippen LogP contribution in [-0.4, -0.2) is 24.5 Å². The first kappa shape index (κ1) is 17.9. The molecule has 2 rings (SSSR count). The van der Waals surface area contributed by atoms with Crippen LogP contribution in [0.5, 0.6) is 0 Å². The van der Waals surface area contributed by atoms with Gasteiger partial charge in [-0.1, -0.05) is 30.3 Å². The highest BCUT2D eigenvalue weighted by molar-refractivity contribution is 5.84. The van der Waals surface area contributed by atoms with Gasteiger partial charge in [-0.05, 0) is 31.9 Å². The maximum Gasteiger partial charge on any atom is 0.293 e. The normalized spacial score (nSPS) is 15.9. The molecule has 1 unspecified atom stereocenters. The van der Waals surface area contributed by atoms with E-state index in [-0.39, 0.29) is 17.6 Å². The van der Waals surface area contributed by atoms with Gasteiger partial charge in [-0.25, -0.2) is 0 Å². The zero-order valence-corrected chi connectivity index (χ0v) is 13.4. The van der Waals surface area contributed by atoms with Gasteiger partial charge in [-0.2, -0.15) is 0 Å². The topological polar surface area (TPSA) is 67.4 Å². The zero-order valence-electron chi connectivity index (χ0n) is 13.4. The Kier molecular flexibility index (Phi) is 6.79. The second-order valence-electron chi connectivity index (χ2n) is 5.87. The van der Waals surface area contributed by atoms with Crippen LogP contribution in [0.25, 0.3) is 0 Å². The number of hydrogen-bond donors (Lipinski definition) is 2. The van der Waals surface area contributed by atoms with E-state index in [9.17, 15) is 9.59 Å². The maximum absolute atomic E-state index is 11.7. The van der Waals surface area contributed by atoms with Gasteiger partial charge in [-0.3, -0.25) is 14.9 Å². The van der Waals surface area contributed by atoms with E-state index >= 15 is 0 Å². The molecule has 0 bridgehead atoms. The number of carbonyl (C=O) groups excluding carboxylic acids is 2. The van der Waals surface area contributed by atoms with Crippen LogP contribution in [0.1, 0.15) is 37.9 Å². The lowest BCUT2D eigenvalue weighted by Crippen LogP contribution is -2.34. The quantitative estimate of drug-likeness (QED) is 0.660. The molecule has 5 heteroatoms.